The number of hydrogen-bond donors (Lipinski definition) is 2. The summed E-state index contributed by atoms with van der Waals surface area (Å²) in [6.45, 7) is 6.01. The van der Waals surface area contributed by atoms with Crippen LogP contribution in [0.5, 0.6) is 0 Å². The topological polar surface area (TPSA) is 75.3 Å². The van der Waals surface area contributed by atoms with E-state index in [1.165, 1.54) is 12.1 Å². The summed E-state index contributed by atoms with van der Waals surface area (Å²) in [5.41, 5.74) is 0.168. The molecule has 1 rings (SSSR count). The van der Waals surface area contributed by atoms with Gasteiger partial charge in [-0.3, -0.25) is 4.79 Å². The number of amides is 1. The van der Waals surface area contributed by atoms with Crippen LogP contribution in [0.3, 0.4) is 0 Å². The third-order valence-corrected chi connectivity index (χ3v) is 4.71. The molecular formula is C14H20F2N2O3S. The summed E-state index contributed by atoms with van der Waals surface area (Å²) in [6.07, 6.45) is 0.848. The maximum atomic E-state index is 12.4. The average molecular weight is 334 g/mol. The van der Waals surface area contributed by atoms with E-state index in [1.807, 2.05) is 20.8 Å². The molecule has 1 aromatic carbocycles. The second-order valence-electron chi connectivity index (χ2n) is 5.47. The second-order valence-corrected chi connectivity index (χ2v) is 7.39. The van der Waals surface area contributed by atoms with E-state index in [2.05, 4.69) is 10.6 Å². The molecule has 0 radical (unpaired) electrons. The van der Waals surface area contributed by atoms with Crippen LogP contribution in [0.4, 0.5) is 14.5 Å². The monoisotopic (exact) mass is 334 g/mol. The van der Waals surface area contributed by atoms with E-state index in [1.54, 1.807) is 0 Å². The molecule has 0 spiro atoms. The maximum absolute atomic E-state index is 12.4. The summed E-state index contributed by atoms with van der Waals surface area (Å²) in [4.78, 5) is 11.3. The summed E-state index contributed by atoms with van der Waals surface area (Å²) in [6, 6.07) is 4.64. The van der Waals surface area contributed by atoms with Crippen molar-refractivity contribution in [3.05, 3.63) is 24.3 Å². The van der Waals surface area contributed by atoms with Crippen molar-refractivity contribution in [1.82, 2.24) is 5.32 Å². The number of carbonyl (C=O) groups is 1. The van der Waals surface area contributed by atoms with Crippen molar-refractivity contribution in [1.29, 1.82) is 0 Å². The van der Waals surface area contributed by atoms with Crippen molar-refractivity contribution in [3.8, 4) is 0 Å². The van der Waals surface area contributed by atoms with Gasteiger partial charge in [-0.25, -0.2) is 8.42 Å². The van der Waals surface area contributed by atoms with Gasteiger partial charge in [0.25, 0.3) is 0 Å². The highest BCUT2D eigenvalue weighted by Crippen LogP contribution is 2.20. The second kappa shape index (κ2) is 7.15. The van der Waals surface area contributed by atoms with Crippen LogP contribution >= 0.6 is 0 Å². The van der Waals surface area contributed by atoms with Crippen LogP contribution < -0.4 is 10.6 Å². The minimum atomic E-state index is -4.61. The summed E-state index contributed by atoms with van der Waals surface area (Å²) >= 11 is 0. The van der Waals surface area contributed by atoms with Gasteiger partial charge in [0.1, 0.15) is 0 Å². The highest BCUT2D eigenvalue weighted by Gasteiger charge is 2.26. The van der Waals surface area contributed by atoms with Gasteiger partial charge >= 0.3 is 5.76 Å². The Hall–Kier alpha value is -1.54. The molecule has 0 atom stereocenters. The predicted octanol–water partition coefficient (Wildman–Crippen LogP) is 2.40. The van der Waals surface area contributed by atoms with Crippen molar-refractivity contribution in [2.24, 2.45) is 0 Å². The molecule has 2 N–H and O–H groups in total. The highest BCUT2D eigenvalue weighted by molar-refractivity contribution is 7.91. The van der Waals surface area contributed by atoms with E-state index in [9.17, 15) is 22.0 Å². The van der Waals surface area contributed by atoms with E-state index in [-0.39, 0.29) is 18.0 Å². The summed E-state index contributed by atoms with van der Waals surface area (Å²) in [5, 5.41) is 5.63. The quantitative estimate of drug-likeness (QED) is 0.803. The summed E-state index contributed by atoms with van der Waals surface area (Å²) < 4.78 is 47.3. The number of sulfone groups is 1. The number of alkyl halides is 2. The Morgan fingerprint density at radius 3 is 2.23 bits per heavy atom. The normalized spacial score (nSPS) is 12.5. The van der Waals surface area contributed by atoms with Crippen molar-refractivity contribution >= 4 is 21.4 Å². The molecule has 0 aliphatic rings. The van der Waals surface area contributed by atoms with Crippen molar-refractivity contribution in [3.63, 3.8) is 0 Å². The van der Waals surface area contributed by atoms with E-state index in [0.717, 1.165) is 18.6 Å². The SMILES string of the molecule is CCC(C)(C)NCC(=O)Nc1ccc(S(=O)(=O)C(F)F)cc1. The Labute approximate surface area is 129 Å². The number of benzene rings is 1. The average Bonchev–Trinajstić information content (AvgIpc) is 2.46. The van der Waals surface area contributed by atoms with E-state index in [0.29, 0.717) is 5.69 Å². The molecule has 0 aliphatic heterocycles. The molecule has 0 aromatic heterocycles. The van der Waals surface area contributed by atoms with Crippen molar-refractivity contribution in [2.45, 2.75) is 43.4 Å². The fraction of sp³-hybridized carbons (Fsp3) is 0.500. The first kappa shape index (κ1) is 18.5. The van der Waals surface area contributed by atoms with Crippen LogP contribution in [0, 0.1) is 0 Å². The van der Waals surface area contributed by atoms with Crippen LogP contribution in [-0.2, 0) is 14.6 Å². The minimum absolute atomic E-state index is 0.0952. The van der Waals surface area contributed by atoms with Gasteiger partial charge in [0.2, 0.25) is 15.7 Å². The molecular weight excluding hydrogens is 314 g/mol. The molecule has 1 aromatic rings. The van der Waals surface area contributed by atoms with Crippen LogP contribution in [-0.4, -0.2) is 32.2 Å². The molecule has 1 amide bonds. The molecule has 0 heterocycles. The fourth-order valence-corrected chi connectivity index (χ4v) is 2.20. The van der Waals surface area contributed by atoms with Gasteiger partial charge in [0, 0.05) is 11.2 Å². The number of carbonyl (C=O) groups excluding carboxylic acids is 1. The first-order chi connectivity index (χ1) is 10.1. The first-order valence-electron chi connectivity index (χ1n) is 6.75. The Morgan fingerprint density at radius 2 is 1.77 bits per heavy atom. The molecule has 0 bridgehead atoms. The lowest BCUT2D eigenvalue weighted by atomic mass is 10.0. The zero-order chi connectivity index (χ0) is 17.0. The molecule has 0 saturated heterocycles. The third-order valence-electron chi connectivity index (χ3n) is 3.31. The summed E-state index contributed by atoms with van der Waals surface area (Å²) in [7, 11) is -4.61. The molecule has 5 nitrogen and oxygen atoms in total. The molecule has 8 heteroatoms. The number of hydrogen-bond acceptors (Lipinski definition) is 4. The van der Waals surface area contributed by atoms with Gasteiger partial charge in [0.15, 0.2) is 0 Å². The minimum Gasteiger partial charge on any atom is -0.325 e. The lowest BCUT2D eigenvalue weighted by molar-refractivity contribution is -0.115. The zero-order valence-corrected chi connectivity index (χ0v) is 13.5. The Kier molecular flexibility index (Phi) is 6.01. The molecule has 0 fully saturated rings. The van der Waals surface area contributed by atoms with E-state index in [4.69, 9.17) is 0 Å². The van der Waals surface area contributed by atoms with Gasteiger partial charge < -0.3 is 10.6 Å². The van der Waals surface area contributed by atoms with Crippen LogP contribution in [0.15, 0.2) is 29.2 Å². The number of nitrogens with one attached hydrogen (secondary N) is 2. The standard InChI is InChI=1S/C14H20F2N2O3S/c1-4-14(2,3)17-9-12(19)18-10-5-7-11(8-6-10)22(20,21)13(15)16/h5-8,13,17H,4,9H2,1-3H3,(H,18,19). The smallest absolute Gasteiger partial charge is 0.325 e. The fourth-order valence-electron chi connectivity index (χ4n) is 1.48. The van der Waals surface area contributed by atoms with Gasteiger partial charge in [-0.2, -0.15) is 8.78 Å². The number of rotatable bonds is 7. The van der Waals surface area contributed by atoms with Gasteiger partial charge in [-0.1, -0.05) is 6.92 Å². The third kappa shape index (κ3) is 5.03. The van der Waals surface area contributed by atoms with Crippen LogP contribution in [0.25, 0.3) is 0 Å². The van der Waals surface area contributed by atoms with Crippen LogP contribution in [0.1, 0.15) is 27.2 Å². The van der Waals surface area contributed by atoms with E-state index >= 15 is 0 Å². The molecule has 0 saturated carbocycles. The first-order valence-corrected chi connectivity index (χ1v) is 8.30. The lowest BCUT2D eigenvalue weighted by Crippen LogP contribution is -2.43. The Morgan fingerprint density at radius 1 is 1.23 bits per heavy atom. The highest BCUT2D eigenvalue weighted by atomic mass is 32.2. The Bertz CT molecular complexity index is 613. The molecule has 124 valence electrons. The Balaban J connectivity index is 2.67. The molecule has 22 heavy (non-hydrogen) atoms. The lowest BCUT2D eigenvalue weighted by Gasteiger charge is -2.24. The zero-order valence-electron chi connectivity index (χ0n) is 12.7. The predicted molar refractivity (Wildman–Crippen MR) is 80.6 cm³/mol. The van der Waals surface area contributed by atoms with Crippen molar-refractivity contribution in [2.75, 3.05) is 11.9 Å². The van der Waals surface area contributed by atoms with Gasteiger partial charge in [0.05, 0.1) is 11.4 Å². The summed E-state index contributed by atoms with van der Waals surface area (Å²) in [5.74, 6) is -3.76. The number of anilines is 1. The van der Waals surface area contributed by atoms with Gasteiger partial charge in [-0.15, -0.1) is 0 Å². The molecule has 0 unspecified atom stereocenters. The van der Waals surface area contributed by atoms with E-state index < -0.39 is 20.5 Å². The van der Waals surface area contributed by atoms with Crippen LogP contribution in [0.2, 0.25) is 0 Å². The maximum Gasteiger partial charge on any atom is 0.341 e. The van der Waals surface area contributed by atoms with Crippen molar-refractivity contribution < 1.29 is 22.0 Å². The largest absolute Gasteiger partial charge is 0.341 e. The van der Waals surface area contributed by atoms with Gasteiger partial charge in [-0.05, 0) is 44.5 Å². The number of halogens is 2. The molecule has 0 aliphatic carbocycles.